The van der Waals surface area contributed by atoms with Crippen LogP contribution in [0.5, 0.6) is 0 Å². The fourth-order valence-corrected chi connectivity index (χ4v) is 5.76. The van der Waals surface area contributed by atoms with E-state index in [-0.39, 0.29) is 12.2 Å². The van der Waals surface area contributed by atoms with Crippen molar-refractivity contribution in [3.05, 3.63) is 95.3 Å². The van der Waals surface area contributed by atoms with Gasteiger partial charge in [0.1, 0.15) is 5.82 Å². The molecule has 0 radical (unpaired) electrons. The Labute approximate surface area is 234 Å². The second kappa shape index (κ2) is 12.2. The number of carboxylic acid groups (broad SMARTS) is 1. The van der Waals surface area contributed by atoms with Crippen molar-refractivity contribution in [3.8, 4) is 0 Å². The van der Waals surface area contributed by atoms with E-state index in [1.165, 1.54) is 12.1 Å². The van der Waals surface area contributed by atoms with Crippen molar-refractivity contribution >= 4 is 35.2 Å². The number of unbranched alkanes of at least 4 members (excludes halogenated alkanes) is 2. The van der Waals surface area contributed by atoms with Crippen molar-refractivity contribution in [2.24, 2.45) is 10.1 Å². The first kappa shape index (κ1) is 27.8. The fourth-order valence-electron chi connectivity index (χ4n) is 5.76. The molecule has 2 N–H and O–H groups in total. The normalized spacial score (nSPS) is 20.0. The van der Waals surface area contributed by atoms with E-state index >= 15 is 0 Å². The van der Waals surface area contributed by atoms with Gasteiger partial charge in [0.15, 0.2) is 5.60 Å². The number of benzene rings is 3. The summed E-state index contributed by atoms with van der Waals surface area (Å²) in [5, 5.41) is 25.1. The minimum atomic E-state index is -0.865. The largest absolute Gasteiger partial charge is 0.481 e. The molecule has 0 spiro atoms. The van der Waals surface area contributed by atoms with Crippen LogP contribution in [0, 0.1) is 5.82 Å². The van der Waals surface area contributed by atoms with Gasteiger partial charge in [-0.25, -0.2) is 4.39 Å². The number of oxime groups is 1. The summed E-state index contributed by atoms with van der Waals surface area (Å²) in [6.07, 6.45) is 5.35. The van der Waals surface area contributed by atoms with Crippen LogP contribution in [0.15, 0.2) is 82.9 Å². The number of carbonyl (C=O) groups is 1. The summed E-state index contributed by atoms with van der Waals surface area (Å²) < 4.78 is 13.7. The number of aliphatic hydroxyl groups excluding tert-OH is 1. The van der Waals surface area contributed by atoms with Crippen LogP contribution in [0.2, 0.25) is 0 Å². The molecule has 0 fully saturated rings. The Kier molecular flexibility index (Phi) is 8.45. The maximum Gasteiger partial charge on any atom is 0.303 e. The molecule has 0 bridgehead atoms. The molecule has 0 aliphatic carbocycles. The number of aliphatic carboxylic acids is 1. The van der Waals surface area contributed by atoms with Crippen molar-refractivity contribution in [2.75, 3.05) is 0 Å². The summed E-state index contributed by atoms with van der Waals surface area (Å²) in [5.74, 6) is -1.18. The molecule has 0 saturated carbocycles. The van der Waals surface area contributed by atoms with E-state index in [0.29, 0.717) is 36.9 Å². The summed E-state index contributed by atoms with van der Waals surface area (Å²) in [4.78, 5) is 22.2. The van der Waals surface area contributed by atoms with E-state index in [1.807, 2.05) is 36.4 Å². The van der Waals surface area contributed by atoms with Gasteiger partial charge in [-0.05, 0) is 67.0 Å². The maximum atomic E-state index is 13.7. The van der Waals surface area contributed by atoms with E-state index in [0.717, 1.165) is 47.2 Å². The summed E-state index contributed by atoms with van der Waals surface area (Å²) in [6.45, 7) is 1.73. The second-order valence-electron chi connectivity index (χ2n) is 10.7. The summed E-state index contributed by atoms with van der Waals surface area (Å²) in [5.41, 5.74) is 5.26. The molecule has 3 aromatic rings. The standard InChI is InChI=1S/C32H34BFN2O4/c1-2-3-19-32(23-9-5-4-6-10-23)21-28(36-40-32)22-13-18-26-27(20-22)35-29(11-7-8-12-30(37)38)33(31(26)39)24-14-16-25(34)17-15-24/h4-6,9-10,13-18,20,31,39H,2-3,7-8,11-12,19,21H2,1H3,(H,37,38). The number of rotatable bonds is 11. The van der Waals surface area contributed by atoms with Crippen molar-refractivity contribution in [1.82, 2.24) is 0 Å². The van der Waals surface area contributed by atoms with Crippen LogP contribution in [0.25, 0.3) is 0 Å². The number of hydrogen-bond donors (Lipinski definition) is 2. The zero-order valence-electron chi connectivity index (χ0n) is 22.7. The van der Waals surface area contributed by atoms with Gasteiger partial charge >= 0.3 is 5.97 Å². The number of carboxylic acids is 1. The lowest BCUT2D eigenvalue weighted by atomic mass is 9.35. The lowest BCUT2D eigenvalue weighted by molar-refractivity contribution is -0.137. The highest BCUT2D eigenvalue weighted by Crippen LogP contribution is 2.42. The SMILES string of the molecule is CCCCC1(c2ccccc2)CC(c2ccc3c(c2)N=C(CCCCC(=O)O)B(c2ccc(F)cc2)C3O)=NO1. The first-order chi connectivity index (χ1) is 19.4. The van der Waals surface area contributed by atoms with Crippen LogP contribution in [0.4, 0.5) is 10.1 Å². The second-order valence-corrected chi connectivity index (χ2v) is 10.7. The van der Waals surface area contributed by atoms with Gasteiger partial charge < -0.3 is 15.1 Å². The Balaban J connectivity index is 1.45. The molecule has 2 aliphatic heterocycles. The zero-order valence-corrected chi connectivity index (χ0v) is 22.7. The predicted octanol–water partition coefficient (Wildman–Crippen LogP) is 6.28. The summed E-state index contributed by atoms with van der Waals surface area (Å²) in [6, 6.07) is 21.3. The summed E-state index contributed by atoms with van der Waals surface area (Å²) >= 11 is 0. The molecule has 5 rings (SSSR count). The number of fused-ring (bicyclic) bond motifs is 1. The number of halogens is 1. The van der Waals surface area contributed by atoms with Crippen molar-refractivity contribution in [2.45, 2.75) is 69.9 Å². The van der Waals surface area contributed by atoms with Gasteiger partial charge in [0.05, 0.1) is 17.4 Å². The van der Waals surface area contributed by atoms with Gasteiger partial charge in [0, 0.05) is 18.4 Å². The van der Waals surface area contributed by atoms with Crippen LogP contribution in [0.3, 0.4) is 0 Å². The highest BCUT2D eigenvalue weighted by atomic mass is 19.1. The molecule has 2 aliphatic rings. The molecular weight excluding hydrogens is 506 g/mol. The number of aliphatic hydroxyl groups is 1. The van der Waals surface area contributed by atoms with Gasteiger partial charge in [0.25, 0.3) is 6.71 Å². The number of nitrogens with zero attached hydrogens (tertiary/aromatic N) is 2. The van der Waals surface area contributed by atoms with E-state index in [4.69, 9.17) is 14.9 Å². The number of aliphatic imine (C=N–C) groups is 1. The van der Waals surface area contributed by atoms with E-state index in [1.54, 1.807) is 12.1 Å². The zero-order chi connectivity index (χ0) is 28.1. The van der Waals surface area contributed by atoms with Crippen molar-refractivity contribution in [3.63, 3.8) is 0 Å². The third kappa shape index (κ3) is 5.87. The van der Waals surface area contributed by atoms with Gasteiger partial charge in [-0.15, -0.1) is 0 Å². The minimum Gasteiger partial charge on any atom is -0.481 e. The average Bonchev–Trinajstić information content (AvgIpc) is 3.41. The lowest BCUT2D eigenvalue weighted by Crippen LogP contribution is -2.46. The maximum absolute atomic E-state index is 13.7. The highest BCUT2D eigenvalue weighted by molar-refractivity contribution is 7.01. The van der Waals surface area contributed by atoms with Crippen LogP contribution in [-0.4, -0.2) is 34.2 Å². The molecule has 0 saturated heterocycles. The predicted molar refractivity (Wildman–Crippen MR) is 156 cm³/mol. The van der Waals surface area contributed by atoms with Crippen LogP contribution >= 0.6 is 0 Å². The van der Waals surface area contributed by atoms with Crippen LogP contribution in [-0.2, 0) is 15.2 Å². The molecule has 6 nitrogen and oxygen atoms in total. The quantitative estimate of drug-likeness (QED) is 0.221. The molecular formula is C32H34BFN2O4. The molecule has 0 aromatic heterocycles. The number of hydrogen-bond acceptors (Lipinski definition) is 5. The Bertz CT molecular complexity index is 1410. The lowest BCUT2D eigenvalue weighted by Gasteiger charge is -2.29. The molecule has 2 unspecified atom stereocenters. The van der Waals surface area contributed by atoms with Gasteiger partial charge in [0.2, 0.25) is 0 Å². The van der Waals surface area contributed by atoms with Gasteiger partial charge in [-0.2, -0.15) is 0 Å². The van der Waals surface area contributed by atoms with Crippen LogP contribution in [0.1, 0.15) is 81.0 Å². The molecule has 0 amide bonds. The van der Waals surface area contributed by atoms with Gasteiger partial charge in [-0.1, -0.05) is 78.6 Å². The molecule has 2 heterocycles. The third-order valence-electron chi connectivity index (χ3n) is 7.94. The minimum absolute atomic E-state index is 0.0821. The Hall–Kier alpha value is -3.78. The topological polar surface area (TPSA) is 91.5 Å². The monoisotopic (exact) mass is 540 g/mol. The summed E-state index contributed by atoms with van der Waals surface area (Å²) in [7, 11) is 0. The van der Waals surface area contributed by atoms with Gasteiger partial charge in [-0.3, -0.25) is 9.79 Å². The fraction of sp³-hybridized carbons (Fsp3) is 0.344. The first-order valence-corrected chi connectivity index (χ1v) is 14.1. The molecule has 3 aromatic carbocycles. The molecule has 206 valence electrons. The average molecular weight is 540 g/mol. The van der Waals surface area contributed by atoms with Crippen LogP contribution < -0.4 is 5.46 Å². The molecule has 2 atom stereocenters. The Morgan fingerprint density at radius 1 is 1.07 bits per heavy atom. The molecule has 40 heavy (non-hydrogen) atoms. The smallest absolute Gasteiger partial charge is 0.303 e. The van der Waals surface area contributed by atoms with Crippen molar-refractivity contribution in [1.29, 1.82) is 0 Å². The molecule has 8 heteroatoms. The van der Waals surface area contributed by atoms with E-state index in [2.05, 4.69) is 24.2 Å². The first-order valence-electron chi connectivity index (χ1n) is 14.1. The Morgan fingerprint density at radius 3 is 2.58 bits per heavy atom. The van der Waals surface area contributed by atoms with E-state index in [9.17, 15) is 14.3 Å². The highest BCUT2D eigenvalue weighted by Gasteiger charge is 2.41. The Morgan fingerprint density at radius 2 is 1.85 bits per heavy atom. The van der Waals surface area contributed by atoms with E-state index < -0.39 is 24.3 Å². The third-order valence-corrected chi connectivity index (χ3v) is 7.94. The van der Waals surface area contributed by atoms with Crippen molar-refractivity contribution < 1.29 is 24.2 Å².